The molecule has 5 nitrogen and oxygen atoms in total. The van der Waals surface area contributed by atoms with Gasteiger partial charge in [-0.3, -0.25) is 10.1 Å². The molecule has 24 heavy (non-hydrogen) atoms. The number of methoxy groups -OCH3 is 1. The van der Waals surface area contributed by atoms with Crippen molar-refractivity contribution in [1.82, 2.24) is 10.2 Å². The van der Waals surface area contributed by atoms with Crippen LogP contribution in [0.25, 0.3) is 0 Å². The third-order valence-electron chi connectivity index (χ3n) is 4.80. The summed E-state index contributed by atoms with van der Waals surface area (Å²) in [6, 6.07) is 7.74. The molecule has 1 aromatic heterocycles. The van der Waals surface area contributed by atoms with E-state index >= 15 is 0 Å². The monoisotopic (exact) mass is 345 g/mol. The molecular formula is C18H23N3O2S. The highest BCUT2D eigenvalue weighted by atomic mass is 32.1. The molecule has 1 saturated carbocycles. The molecule has 0 aliphatic heterocycles. The van der Waals surface area contributed by atoms with Crippen LogP contribution in [-0.4, -0.2) is 23.2 Å². The number of benzene rings is 1. The van der Waals surface area contributed by atoms with Crippen LogP contribution in [0.15, 0.2) is 24.3 Å². The molecule has 3 rings (SSSR count). The summed E-state index contributed by atoms with van der Waals surface area (Å²) in [5.74, 6) is 1.16. The third-order valence-corrected chi connectivity index (χ3v) is 5.80. The molecule has 6 heteroatoms. The second-order valence-electron chi connectivity index (χ2n) is 6.20. The normalized spacial score (nSPS) is 15.3. The molecule has 1 aliphatic carbocycles. The highest BCUT2D eigenvalue weighted by Gasteiger charge is 2.53. The fraction of sp³-hybridized carbons (Fsp3) is 0.500. The van der Waals surface area contributed by atoms with Crippen LogP contribution >= 0.6 is 11.3 Å². The number of para-hydroxylation sites is 1. The molecule has 0 unspecified atom stereocenters. The van der Waals surface area contributed by atoms with E-state index in [0.717, 1.165) is 42.0 Å². The van der Waals surface area contributed by atoms with Crippen LogP contribution in [0.3, 0.4) is 0 Å². The molecule has 128 valence electrons. The fourth-order valence-electron chi connectivity index (χ4n) is 3.09. The molecule has 0 saturated heterocycles. The van der Waals surface area contributed by atoms with E-state index in [1.54, 1.807) is 7.11 Å². The van der Waals surface area contributed by atoms with Gasteiger partial charge < -0.3 is 4.74 Å². The summed E-state index contributed by atoms with van der Waals surface area (Å²) < 4.78 is 5.43. The van der Waals surface area contributed by atoms with Gasteiger partial charge in [0.15, 0.2) is 0 Å². The lowest BCUT2D eigenvalue weighted by atomic mass is 9.94. The van der Waals surface area contributed by atoms with Crippen molar-refractivity contribution in [2.45, 2.75) is 50.9 Å². The lowest BCUT2D eigenvalue weighted by Crippen LogP contribution is -2.28. The van der Waals surface area contributed by atoms with Gasteiger partial charge in [0.05, 0.1) is 12.5 Å². The van der Waals surface area contributed by atoms with Gasteiger partial charge in [-0.05, 0) is 31.7 Å². The number of hydrogen-bond donors (Lipinski definition) is 1. The highest BCUT2D eigenvalue weighted by Crippen LogP contribution is 2.52. The topological polar surface area (TPSA) is 64.1 Å². The van der Waals surface area contributed by atoms with E-state index in [9.17, 15) is 4.79 Å². The largest absolute Gasteiger partial charge is 0.496 e. The van der Waals surface area contributed by atoms with E-state index < -0.39 is 5.41 Å². The zero-order valence-corrected chi connectivity index (χ0v) is 15.2. The number of anilines is 1. The van der Waals surface area contributed by atoms with E-state index in [0.29, 0.717) is 11.0 Å². The van der Waals surface area contributed by atoms with Crippen molar-refractivity contribution in [1.29, 1.82) is 0 Å². The minimum absolute atomic E-state index is 0.0146. The molecular weight excluding hydrogens is 322 g/mol. The number of nitrogens with zero attached hydrogens (tertiary/aromatic N) is 2. The first kappa shape index (κ1) is 16.9. The zero-order chi connectivity index (χ0) is 17.2. The molecule has 1 heterocycles. The van der Waals surface area contributed by atoms with Crippen molar-refractivity contribution < 1.29 is 9.53 Å². The summed E-state index contributed by atoms with van der Waals surface area (Å²) >= 11 is 1.48. The first-order valence-corrected chi connectivity index (χ1v) is 9.24. The van der Waals surface area contributed by atoms with Gasteiger partial charge in [-0.15, -0.1) is 10.2 Å². The van der Waals surface area contributed by atoms with Crippen molar-refractivity contribution in [2.75, 3.05) is 12.4 Å². The van der Waals surface area contributed by atoms with Crippen molar-refractivity contribution >= 4 is 22.4 Å². The molecule has 1 amide bonds. The minimum atomic E-state index is -0.493. The molecule has 1 fully saturated rings. The number of ether oxygens (including phenoxy) is 1. The van der Waals surface area contributed by atoms with E-state index in [4.69, 9.17) is 4.74 Å². The second kappa shape index (κ2) is 6.89. The van der Waals surface area contributed by atoms with Gasteiger partial charge in [-0.25, -0.2) is 0 Å². The number of nitrogens with one attached hydrogen (secondary N) is 1. The summed E-state index contributed by atoms with van der Waals surface area (Å²) in [5, 5.41) is 13.0. The Morgan fingerprint density at radius 3 is 2.62 bits per heavy atom. The zero-order valence-electron chi connectivity index (χ0n) is 14.3. The van der Waals surface area contributed by atoms with Gasteiger partial charge in [0.2, 0.25) is 11.0 Å². The molecule has 0 bridgehead atoms. The van der Waals surface area contributed by atoms with Gasteiger partial charge in [0, 0.05) is 11.5 Å². The maximum Gasteiger partial charge on any atom is 0.236 e. The van der Waals surface area contributed by atoms with Crippen molar-refractivity contribution in [3.63, 3.8) is 0 Å². The Hall–Kier alpha value is -1.95. The van der Waals surface area contributed by atoms with Crippen molar-refractivity contribution in [2.24, 2.45) is 0 Å². The third kappa shape index (κ3) is 3.02. The smallest absolute Gasteiger partial charge is 0.236 e. The molecule has 1 aliphatic rings. The summed E-state index contributed by atoms with van der Waals surface area (Å²) in [7, 11) is 1.64. The first-order chi connectivity index (χ1) is 11.6. The van der Waals surface area contributed by atoms with E-state index in [1.165, 1.54) is 11.3 Å². The average molecular weight is 345 g/mol. The van der Waals surface area contributed by atoms with Crippen LogP contribution in [0.4, 0.5) is 5.13 Å². The fourth-order valence-corrected chi connectivity index (χ4v) is 4.09. The Balaban J connectivity index is 1.78. The Kier molecular flexibility index (Phi) is 4.85. The highest BCUT2D eigenvalue weighted by molar-refractivity contribution is 7.15. The van der Waals surface area contributed by atoms with Gasteiger partial charge in [0.25, 0.3) is 0 Å². The van der Waals surface area contributed by atoms with E-state index in [-0.39, 0.29) is 5.91 Å². The van der Waals surface area contributed by atoms with Crippen molar-refractivity contribution in [3.05, 3.63) is 34.8 Å². The van der Waals surface area contributed by atoms with E-state index in [1.807, 2.05) is 24.3 Å². The Bertz CT molecular complexity index is 721. The summed E-state index contributed by atoms with van der Waals surface area (Å²) in [6.45, 7) is 4.30. The SMILES string of the molecule is CCC(CC)c1nnc(NC(=O)C2(c3ccccc3OC)CC2)s1. The number of hydrogen-bond acceptors (Lipinski definition) is 5. The summed E-state index contributed by atoms with van der Waals surface area (Å²) in [6.07, 6.45) is 3.73. The minimum Gasteiger partial charge on any atom is -0.496 e. The lowest BCUT2D eigenvalue weighted by molar-refractivity contribution is -0.118. The number of aromatic nitrogens is 2. The summed E-state index contributed by atoms with van der Waals surface area (Å²) in [5.41, 5.74) is 0.461. The predicted molar refractivity (Wildman–Crippen MR) is 95.8 cm³/mol. The lowest BCUT2D eigenvalue weighted by Gasteiger charge is -2.17. The second-order valence-corrected chi connectivity index (χ2v) is 7.20. The quantitative estimate of drug-likeness (QED) is 0.820. The van der Waals surface area contributed by atoms with Crippen LogP contribution < -0.4 is 10.1 Å². The number of rotatable bonds is 7. The summed E-state index contributed by atoms with van der Waals surface area (Å²) in [4.78, 5) is 12.9. The van der Waals surface area contributed by atoms with Crippen molar-refractivity contribution in [3.8, 4) is 5.75 Å². The molecule has 0 radical (unpaired) electrons. The van der Waals surface area contributed by atoms with Gasteiger partial charge in [0.1, 0.15) is 10.8 Å². The van der Waals surface area contributed by atoms with Gasteiger partial charge in [-0.2, -0.15) is 0 Å². The standard InChI is InChI=1S/C18H23N3O2S/c1-4-12(5-2)15-20-21-17(24-15)19-16(22)18(10-11-18)13-8-6-7-9-14(13)23-3/h6-9,12H,4-5,10-11H2,1-3H3,(H,19,21,22). The number of carbonyl (C=O) groups is 1. The van der Waals surface area contributed by atoms with Gasteiger partial charge in [-0.1, -0.05) is 43.4 Å². The molecule has 1 N–H and O–H groups in total. The maximum absolute atomic E-state index is 12.9. The van der Waals surface area contributed by atoms with Crippen LogP contribution in [0.1, 0.15) is 56.0 Å². The van der Waals surface area contributed by atoms with Crippen LogP contribution in [0.5, 0.6) is 5.75 Å². The average Bonchev–Trinajstić information content (AvgIpc) is 3.31. The Morgan fingerprint density at radius 2 is 2.00 bits per heavy atom. The van der Waals surface area contributed by atoms with Crippen LogP contribution in [0, 0.1) is 0 Å². The molecule has 0 spiro atoms. The van der Waals surface area contributed by atoms with E-state index in [2.05, 4.69) is 29.4 Å². The molecule has 1 aromatic carbocycles. The van der Waals surface area contributed by atoms with Crippen LogP contribution in [0.2, 0.25) is 0 Å². The Labute approximate surface area is 146 Å². The van der Waals surface area contributed by atoms with Gasteiger partial charge >= 0.3 is 0 Å². The first-order valence-electron chi connectivity index (χ1n) is 8.43. The molecule has 0 atom stereocenters. The Morgan fingerprint density at radius 1 is 1.29 bits per heavy atom. The maximum atomic E-state index is 12.9. The molecule has 2 aromatic rings. The number of amides is 1. The predicted octanol–water partition coefficient (Wildman–Crippen LogP) is 4.12. The van der Waals surface area contributed by atoms with Crippen LogP contribution in [-0.2, 0) is 10.2 Å². The number of carbonyl (C=O) groups excluding carboxylic acids is 1.